The average molecular weight is 636 g/mol. The number of nitrogens with zero attached hydrogens (tertiary/aromatic N) is 1. The molecule has 6 atom stereocenters. The van der Waals surface area contributed by atoms with Crippen molar-refractivity contribution in [2.45, 2.75) is 40.5 Å². The number of allylic oxidation sites excluding steroid dienone is 14. The van der Waals surface area contributed by atoms with Gasteiger partial charge in [0.2, 0.25) is 0 Å². The van der Waals surface area contributed by atoms with Gasteiger partial charge >= 0.3 is 0 Å². The Morgan fingerprint density at radius 3 is 2.37 bits per heavy atom. The van der Waals surface area contributed by atoms with Gasteiger partial charge in [-0.05, 0) is 104 Å². The molecule has 1 aromatic heterocycles. The maximum atomic E-state index is 4.65. The van der Waals surface area contributed by atoms with Gasteiger partial charge < -0.3 is 0 Å². The number of hydrogen-bond donors (Lipinski definition) is 0. The molecule has 0 N–H and O–H groups in total. The quantitative estimate of drug-likeness (QED) is 0.203. The normalized spacial score (nSPS) is 28.6. The van der Waals surface area contributed by atoms with Crippen molar-refractivity contribution in [2.24, 2.45) is 40.4 Å². The van der Waals surface area contributed by atoms with Gasteiger partial charge in [0, 0.05) is 23.4 Å². The standard InChI is InChI=1S/C48H45N/c1-47(2,3)40-28-38-21-22-41-42(32-16-18-33(19-17-32)44-14-7-8-25-49-44)30-43(48(4)24-23-39(29-40)45(38)46(41)48)37-13-9-12-35(27-37)36-20-15-31-10-5-6-11-34(31)26-36/h5-16,18-27,29-30,32,38,41-42,46H,17,28H2,1-4H3/t32?,38?,41?,42?,46?,48-/m1/s1. The summed E-state index contributed by atoms with van der Waals surface area (Å²) >= 11 is 0. The minimum absolute atomic E-state index is 0.0918. The summed E-state index contributed by atoms with van der Waals surface area (Å²) in [6.45, 7) is 9.65. The van der Waals surface area contributed by atoms with E-state index in [1.807, 2.05) is 12.3 Å². The topological polar surface area (TPSA) is 12.9 Å². The van der Waals surface area contributed by atoms with E-state index in [9.17, 15) is 0 Å². The molecule has 5 aliphatic rings. The third-order valence-electron chi connectivity index (χ3n) is 12.2. The summed E-state index contributed by atoms with van der Waals surface area (Å²) in [5.74, 6) is 2.19. The largest absolute Gasteiger partial charge is 0.256 e. The van der Waals surface area contributed by atoms with Crippen molar-refractivity contribution >= 4 is 21.9 Å². The first-order valence-electron chi connectivity index (χ1n) is 18.2. The summed E-state index contributed by atoms with van der Waals surface area (Å²) in [4.78, 5) is 4.65. The van der Waals surface area contributed by atoms with Crippen LogP contribution < -0.4 is 0 Å². The lowest BCUT2D eigenvalue weighted by molar-refractivity contribution is 0.185. The van der Waals surface area contributed by atoms with Gasteiger partial charge in [0.25, 0.3) is 0 Å². The summed E-state index contributed by atoms with van der Waals surface area (Å²) in [6.07, 6.45) is 26.8. The average Bonchev–Trinajstić information content (AvgIpc) is 3.13. The Morgan fingerprint density at radius 2 is 1.57 bits per heavy atom. The molecule has 5 aliphatic carbocycles. The SMILES string of the molecule is CC(C)(C)C1=CC2=C3C(C=CC4C(C5C=CC(c6ccccn6)=CC5)C=C(c5cccc(-c6ccc7ccccc7c6)c5)[C@@](C)(C=C2)C34)C1. The maximum absolute atomic E-state index is 4.65. The van der Waals surface area contributed by atoms with Crippen molar-refractivity contribution in [3.63, 3.8) is 0 Å². The fourth-order valence-corrected chi connectivity index (χ4v) is 9.60. The molecule has 3 aromatic carbocycles. The Bertz CT molecular complexity index is 2190. The van der Waals surface area contributed by atoms with Gasteiger partial charge in [-0.2, -0.15) is 0 Å². The molecular weight excluding hydrogens is 591 g/mol. The highest BCUT2D eigenvalue weighted by Gasteiger charge is 2.53. The number of hydrogen-bond acceptors (Lipinski definition) is 1. The van der Waals surface area contributed by atoms with Crippen molar-refractivity contribution in [3.05, 3.63) is 174 Å². The van der Waals surface area contributed by atoms with Crippen molar-refractivity contribution in [3.8, 4) is 11.1 Å². The van der Waals surface area contributed by atoms with Crippen molar-refractivity contribution in [1.29, 1.82) is 0 Å². The second kappa shape index (κ2) is 11.4. The summed E-state index contributed by atoms with van der Waals surface area (Å²) in [6, 6.07) is 31.1. The van der Waals surface area contributed by atoms with Crippen LogP contribution in [0.4, 0.5) is 0 Å². The molecular formula is C48H45N. The lowest BCUT2D eigenvalue weighted by Gasteiger charge is -2.55. The van der Waals surface area contributed by atoms with Crippen LogP contribution in [0, 0.1) is 40.4 Å². The molecule has 1 heterocycles. The highest BCUT2D eigenvalue weighted by atomic mass is 14.7. The summed E-state index contributed by atoms with van der Waals surface area (Å²) in [7, 11) is 0. The number of benzene rings is 3. The molecule has 0 fully saturated rings. The van der Waals surface area contributed by atoms with Crippen LogP contribution in [-0.2, 0) is 0 Å². The monoisotopic (exact) mass is 635 g/mol. The molecule has 0 saturated heterocycles. The zero-order valence-corrected chi connectivity index (χ0v) is 29.1. The predicted octanol–water partition coefficient (Wildman–Crippen LogP) is 12.2. The van der Waals surface area contributed by atoms with Gasteiger partial charge in [0.05, 0.1) is 5.69 Å². The fraction of sp³-hybridized carbons (Fsp3) is 0.271. The summed E-state index contributed by atoms with van der Waals surface area (Å²) in [5, 5.41) is 2.57. The van der Waals surface area contributed by atoms with E-state index < -0.39 is 0 Å². The molecule has 0 aliphatic heterocycles. The van der Waals surface area contributed by atoms with E-state index in [1.54, 1.807) is 11.1 Å². The molecule has 5 unspecified atom stereocenters. The van der Waals surface area contributed by atoms with Gasteiger partial charge in [0.1, 0.15) is 0 Å². The fourth-order valence-electron chi connectivity index (χ4n) is 9.60. The highest BCUT2D eigenvalue weighted by Crippen LogP contribution is 2.63. The Labute approximate surface area is 291 Å². The summed E-state index contributed by atoms with van der Waals surface area (Å²) < 4.78 is 0. The molecule has 242 valence electrons. The smallest absolute Gasteiger partial charge is 0.0698 e. The zero-order valence-electron chi connectivity index (χ0n) is 29.1. The number of pyridine rings is 1. The van der Waals surface area contributed by atoms with Gasteiger partial charge in [-0.15, -0.1) is 0 Å². The lowest BCUT2D eigenvalue weighted by atomic mass is 9.48. The van der Waals surface area contributed by atoms with Crippen LogP contribution in [0.5, 0.6) is 0 Å². The van der Waals surface area contributed by atoms with Gasteiger partial charge in [0.15, 0.2) is 0 Å². The van der Waals surface area contributed by atoms with Gasteiger partial charge in [-0.25, -0.2) is 0 Å². The predicted molar refractivity (Wildman–Crippen MR) is 206 cm³/mol. The van der Waals surface area contributed by atoms with Crippen LogP contribution in [0.25, 0.3) is 33.0 Å². The van der Waals surface area contributed by atoms with Gasteiger partial charge in [-0.1, -0.05) is 154 Å². The van der Waals surface area contributed by atoms with Crippen LogP contribution in [0.1, 0.15) is 51.8 Å². The Kier molecular flexibility index (Phi) is 7.06. The Morgan fingerprint density at radius 1 is 0.755 bits per heavy atom. The van der Waals surface area contributed by atoms with Crippen LogP contribution in [0.3, 0.4) is 0 Å². The third kappa shape index (κ3) is 5.09. The van der Waals surface area contributed by atoms with Crippen LogP contribution in [0.15, 0.2) is 163 Å². The number of fused-ring (bicyclic) bond motifs is 1. The molecule has 0 spiro atoms. The molecule has 0 radical (unpaired) electrons. The summed E-state index contributed by atoms with van der Waals surface area (Å²) in [5.41, 5.74) is 12.5. The Balaban J connectivity index is 1.17. The van der Waals surface area contributed by atoms with Crippen molar-refractivity contribution in [1.82, 2.24) is 4.98 Å². The second-order valence-electron chi connectivity index (χ2n) is 16.1. The molecule has 0 bridgehead atoms. The van der Waals surface area contributed by atoms with E-state index in [1.165, 1.54) is 44.2 Å². The van der Waals surface area contributed by atoms with Gasteiger partial charge in [-0.3, -0.25) is 4.98 Å². The number of rotatable bonds is 4. The van der Waals surface area contributed by atoms with E-state index in [4.69, 9.17) is 0 Å². The van der Waals surface area contributed by atoms with E-state index >= 15 is 0 Å². The zero-order chi connectivity index (χ0) is 33.3. The van der Waals surface area contributed by atoms with Crippen LogP contribution in [0.2, 0.25) is 0 Å². The van der Waals surface area contributed by atoms with E-state index in [0.717, 1.165) is 18.5 Å². The first-order valence-corrected chi connectivity index (χ1v) is 18.2. The van der Waals surface area contributed by atoms with Crippen molar-refractivity contribution in [2.75, 3.05) is 0 Å². The first kappa shape index (κ1) is 30.3. The van der Waals surface area contributed by atoms with Crippen molar-refractivity contribution < 1.29 is 0 Å². The molecule has 0 saturated carbocycles. The first-order chi connectivity index (χ1) is 23.8. The highest BCUT2D eigenvalue weighted by molar-refractivity contribution is 5.88. The minimum Gasteiger partial charge on any atom is -0.256 e. The molecule has 49 heavy (non-hydrogen) atoms. The number of aromatic nitrogens is 1. The maximum Gasteiger partial charge on any atom is 0.0698 e. The molecule has 1 nitrogen and oxygen atoms in total. The third-order valence-corrected chi connectivity index (χ3v) is 12.2. The van der Waals surface area contributed by atoms with Crippen LogP contribution in [-0.4, -0.2) is 4.98 Å². The Hall–Kier alpha value is -4.75. The van der Waals surface area contributed by atoms with E-state index in [0.29, 0.717) is 29.6 Å². The minimum atomic E-state index is -0.0918. The molecule has 0 amide bonds. The molecule has 1 heteroatoms. The second-order valence-corrected chi connectivity index (χ2v) is 16.1. The van der Waals surface area contributed by atoms with E-state index in [-0.39, 0.29) is 10.8 Å². The molecule has 4 aromatic rings. The van der Waals surface area contributed by atoms with E-state index in [2.05, 4.69) is 166 Å². The van der Waals surface area contributed by atoms with Crippen LogP contribution >= 0.6 is 0 Å². The molecule has 9 rings (SSSR count). The lowest BCUT2D eigenvalue weighted by Crippen LogP contribution is -2.47.